The number of aliphatic hydroxyl groups is 2. The number of ether oxygens (including phenoxy) is 4. The number of allylic oxidation sites excluding steroid dienone is 4. The summed E-state index contributed by atoms with van der Waals surface area (Å²) >= 11 is 0. The number of esters is 3. The Balaban J connectivity index is 1.76. The van der Waals surface area contributed by atoms with Gasteiger partial charge in [0.25, 0.3) is 0 Å². The standard InChI is InChI=1S/C74H114O12/c1-65(2,3)51-33-46(34-52(61(51)79)66(4,5)6)26-29-58(76)84-43-74(42-83-41-50(75)32-49-38-55(69(13,14)15)63(81)56(39-49)70(16,17)18,44-85-59(77)30-27-47-35-53(67(7,8)9)62(80)54(36-47)68(10,11)12)45-86-60(78)31-28-48-37-57(71(19,20)21)64(82)73(25,40-48)72(22,23)24/h33-39,50,75,79-82H,26-32,40-45H2,1-25H3. The molecule has 0 bridgehead atoms. The van der Waals surface area contributed by atoms with Gasteiger partial charge in [0, 0.05) is 31.1 Å². The second-order valence-electron chi connectivity index (χ2n) is 33.5. The lowest BCUT2D eigenvalue weighted by molar-refractivity contribution is -0.168. The molecule has 5 N–H and O–H groups in total. The summed E-state index contributed by atoms with van der Waals surface area (Å²) in [5, 5.41) is 57.8. The Morgan fingerprint density at radius 3 is 1.05 bits per heavy atom. The predicted molar refractivity (Wildman–Crippen MR) is 348 cm³/mol. The highest BCUT2D eigenvalue weighted by atomic mass is 16.6. The van der Waals surface area contributed by atoms with E-state index in [0.29, 0.717) is 31.4 Å². The first-order valence-electron chi connectivity index (χ1n) is 31.3. The van der Waals surface area contributed by atoms with Crippen molar-refractivity contribution in [2.75, 3.05) is 33.0 Å². The number of carbonyl (C=O) groups is 3. The monoisotopic (exact) mass is 1190 g/mol. The van der Waals surface area contributed by atoms with E-state index in [1.807, 2.05) is 167 Å². The van der Waals surface area contributed by atoms with E-state index >= 15 is 0 Å². The van der Waals surface area contributed by atoms with Crippen molar-refractivity contribution in [3.8, 4) is 17.2 Å². The summed E-state index contributed by atoms with van der Waals surface area (Å²) in [5.74, 6) is -0.589. The van der Waals surface area contributed by atoms with Crippen molar-refractivity contribution < 1.29 is 58.9 Å². The van der Waals surface area contributed by atoms with E-state index in [9.17, 15) is 39.9 Å². The third-order valence-corrected chi connectivity index (χ3v) is 17.2. The molecule has 12 nitrogen and oxygen atoms in total. The van der Waals surface area contributed by atoms with Crippen LogP contribution in [0.25, 0.3) is 0 Å². The van der Waals surface area contributed by atoms with Crippen LogP contribution in [0.3, 0.4) is 0 Å². The van der Waals surface area contributed by atoms with Gasteiger partial charge < -0.3 is 44.5 Å². The molecule has 1 aliphatic carbocycles. The average Bonchev–Trinajstić information content (AvgIpc) is 1.43. The lowest BCUT2D eigenvalue weighted by Gasteiger charge is -2.46. The maximum Gasteiger partial charge on any atom is 0.306 e. The summed E-state index contributed by atoms with van der Waals surface area (Å²) in [7, 11) is 0. The van der Waals surface area contributed by atoms with Crippen molar-refractivity contribution in [1.82, 2.24) is 0 Å². The lowest BCUT2D eigenvalue weighted by atomic mass is 9.59. The minimum Gasteiger partial charge on any atom is -0.511 e. The number of rotatable bonds is 21. The normalized spacial score (nSPS) is 16.5. The van der Waals surface area contributed by atoms with Crippen LogP contribution in [-0.2, 0) is 85.1 Å². The quantitative estimate of drug-likeness (QED) is 0.0502. The Bertz CT molecular complexity index is 2740. The summed E-state index contributed by atoms with van der Waals surface area (Å²) in [4.78, 5) is 42.5. The maximum atomic E-state index is 14.2. The minimum absolute atomic E-state index is 0.00131. The van der Waals surface area contributed by atoms with Gasteiger partial charge in [-0.05, 0) is 125 Å². The number of benzene rings is 3. The van der Waals surface area contributed by atoms with Crippen LogP contribution >= 0.6 is 0 Å². The molecule has 0 heterocycles. The SMILES string of the molecule is CC(C)(C)C1=C(O)C(C)(C(C)(C)C)CC(CCC(=O)OCC(COCC(O)Cc2cc(C(C)(C)C)c(O)c(C(C)(C)C)c2)(COC(=O)CCc2cc(C(C)(C)C)c(O)c(C(C)(C)C)c2)COC(=O)CCc2cc(C(C)(C)C)c(O)c(C(C)(C)C)c2)=C1. The molecule has 482 valence electrons. The molecule has 0 amide bonds. The highest BCUT2D eigenvalue weighted by molar-refractivity contribution is 5.71. The first-order chi connectivity index (χ1) is 38.8. The number of phenolic OH excluding ortho intramolecular Hbond substituents is 3. The van der Waals surface area contributed by atoms with Gasteiger partial charge in [-0.2, -0.15) is 0 Å². The van der Waals surface area contributed by atoms with Gasteiger partial charge in [-0.1, -0.05) is 221 Å². The van der Waals surface area contributed by atoms with Crippen LogP contribution in [-0.4, -0.2) is 82.6 Å². The largest absolute Gasteiger partial charge is 0.511 e. The number of aliphatic hydroxyl groups excluding tert-OH is 2. The molecule has 1 aliphatic rings. The number of aryl methyl sites for hydroxylation is 2. The molecule has 0 aromatic heterocycles. The van der Waals surface area contributed by atoms with Gasteiger partial charge in [0.05, 0.1) is 24.7 Å². The third-order valence-electron chi connectivity index (χ3n) is 17.2. The predicted octanol–water partition coefficient (Wildman–Crippen LogP) is 16.4. The van der Waals surface area contributed by atoms with Gasteiger partial charge in [0.2, 0.25) is 0 Å². The highest BCUT2D eigenvalue weighted by Gasteiger charge is 2.46. The van der Waals surface area contributed by atoms with Crippen LogP contribution in [0.4, 0.5) is 0 Å². The Hall–Kier alpha value is -5.33. The smallest absolute Gasteiger partial charge is 0.306 e. The van der Waals surface area contributed by atoms with Crippen molar-refractivity contribution in [3.05, 3.63) is 109 Å². The molecular weight excluding hydrogens is 1080 g/mol. The van der Waals surface area contributed by atoms with Crippen LogP contribution in [0.2, 0.25) is 0 Å². The van der Waals surface area contributed by atoms with Crippen LogP contribution in [0, 0.1) is 21.7 Å². The first kappa shape index (κ1) is 73.1. The van der Waals surface area contributed by atoms with E-state index in [4.69, 9.17) is 18.9 Å². The van der Waals surface area contributed by atoms with E-state index in [1.165, 1.54) is 0 Å². The van der Waals surface area contributed by atoms with Gasteiger partial charge >= 0.3 is 17.9 Å². The molecule has 0 radical (unpaired) electrons. The summed E-state index contributed by atoms with van der Waals surface area (Å²) in [6.45, 7) is 49.6. The summed E-state index contributed by atoms with van der Waals surface area (Å²) in [6, 6.07) is 11.6. The second kappa shape index (κ2) is 26.8. The number of hydrogen-bond donors (Lipinski definition) is 5. The minimum atomic E-state index is -1.46. The van der Waals surface area contributed by atoms with Crippen LogP contribution in [0.1, 0.15) is 255 Å². The van der Waals surface area contributed by atoms with Crippen LogP contribution in [0.15, 0.2) is 59.4 Å². The zero-order valence-electron chi connectivity index (χ0n) is 57.9. The number of carbonyl (C=O) groups excluding carboxylic acids is 3. The fraction of sp³-hybridized carbons (Fsp3) is 0.662. The van der Waals surface area contributed by atoms with E-state index < -0.39 is 45.7 Å². The van der Waals surface area contributed by atoms with Crippen molar-refractivity contribution in [2.45, 2.75) is 263 Å². The molecule has 0 aliphatic heterocycles. The van der Waals surface area contributed by atoms with E-state index in [0.717, 1.165) is 61.2 Å². The van der Waals surface area contributed by atoms with Crippen LogP contribution < -0.4 is 0 Å². The Morgan fingerprint density at radius 2 is 0.756 bits per heavy atom. The van der Waals surface area contributed by atoms with Gasteiger partial charge in [-0.3, -0.25) is 14.4 Å². The van der Waals surface area contributed by atoms with Gasteiger partial charge in [-0.15, -0.1) is 0 Å². The molecule has 4 rings (SSSR count). The molecule has 3 aromatic carbocycles. The molecule has 0 saturated carbocycles. The topological polar surface area (TPSA) is 189 Å². The molecular formula is C74H114O12. The Morgan fingerprint density at radius 1 is 0.453 bits per heavy atom. The van der Waals surface area contributed by atoms with Gasteiger partial charge in [0.15, 0.2) is 0 Å². The van der Waals surface area contributed by atoms with E-state index in [-0.39, 0.29) is 108 Å². The molecule has 2 unspecified atom stereocenters. The second-order valence-corrected chi connectivity index (χ2v) is 33.5. The Labute approximate surface area is 519 Å². The summed E-state index contributed by atoms with van der Waals surface area (Å²) in [5.41, 5.74) is 3.86. The zero-order chi connectivity index (χ0) is 65.9. The van der Waals surface area contributed by atoms with Gasteiger partial charge in [0.1, 0.15) is 42.8 Å². The summed E-state index contributed by atoms with van der Waals surface area (Å²) in [6.07, 6.45) is 2.60. The molecule has 12 heteroatoms. The fourth-order valence-electron chi connectivity index (χ4n) is 11.1. The summed E-state index contributed by atoms with van der Waals surface area (Å²) < 4.78 is 24.9. The van der Waals surface area contributed by atoms with E-state index in [1.54, 1.807) is 0 Å². The molecule has 86 heavy (non-hydrogen) atoms. The fourth-order valence-corrected chi connectivity index (χ4v) is 11.1. The molecule has 0 fully saturated rings. The number of aromatic hydroxyl groups is 3. The van der Waals surface area contributed by atoms with Crippen molar-refractivity contribution >= 4 is 17.9 Å². The number of phenols is 3. The molecule has 3 aromatic rings. The molecule has 0 spiro atoms. The first-order valence-corrected chi connectivity index (χ1v) is 31.3. The van der Waals surface area contributed by atoms with Crippen molar-refractivity contribution in [2.24, 2.45) is 21.7 Å². The average molecular weight is 1200 g/mol. The van der Waals surface area contributed by atoms with Crippen molar-refractivity contribution in [3.63, 3.8) is 0 Å². The van der Waals surface area contributed by atoms with Crippen molar-refractivity contribution in [1.29, 1.82) is 0 Å². The molecule has 2 atom stereocenters. The Kier molecular flexibility index (Phi) is 22.8. The highest BCUT2D eigenvalue weighted by Crippen LogP contribution is 2.54. The lowest BCUT2D eigenvalue weighted by Crippen LogP contribution is -2.44. The van der Waals surface area contributed by atoms with Crippen LogP contribution in [0.5, 0.6) is 17.2 Å². The third kappa shape index (κ3) is 19.3. The number of hydrogen-bond acceptors (Lipinski definition) is 12. The maximum absolute atomic E-state index is 14.2. The van der Waals surface area contributed by atoms with Gasteiger partial charge in [-0.25, -0.2) is 0 Å². The zero-order valence-corrected chi connectivity index (χ0v) is 57.9. The van der Waals surface area contributed by atoms with E-state index in [2.05, 4.69) is 48.5 Å². The molecule has 0 saturated heterocycles.